The van der Waals surface area contributed by atoms with Crippen LogP contribution in [-0.2, 0) is 10.3 Å². The Morgan fingerprint density at radius 2 is 1.95 bits per heavy atom. The highest BCUT2D eigenvalue weighted by Crippen LogP contribution is 2.35. The van der Waals surface area contributed by atoms with E-state index in [0.717, 1.165) is 0 Å². The molecule has 2 aromatic rings. The minimum Gasteiger partial charge on any atom is -0.494 e. The van der Waals surface area contributed by atoms with Crippen LogP contribution in [-0.4, -0.2) is 27.7 Å². The van der Waals surface area contributed by atoms with Crippen molar-refractivity contribution in [1.29, 1.82) is 0 Å². The fourth-order valence-electron chi connectivity index (χ4n) is 2.04. The Bertz CT molecular complexity index is 609. The first kappa shape index (κ1) is 16.0. The number of carbonyl (C=O) groups is 1. The largest absolute Gasteiger partial charge is 0.494 e. The third-order valence-corrected chi connectivity index (χ3v) is 2.76. The fraction of sp³-hybridized carbons (Fsp3) is 0.467. The molecular weight excluding hydrogens is 256 g/mol. The number of ether oxygens (including phenoxy) is 1. The van der Waals surface area contributed by atoms with Gasteiger partial charge in [0, 0.05) is 17.1 Å². The molecule has 0 atom stereocenters. The zero-order valence-corrected chi connectivity index (χ0v) is 12.9. The second-order valence-electron chi connectivity index (χ2n) is 5.07. The summed E-state index contributed by atoms with van der Waals surface area (Å²) in [5.41, 5.74) is 0.349. The number of methoxy groups -OCH3 is 1. The number of pyridine rings is 1. The van der Waals surface area contributed by atoms with Crippen LogP contribution in [0.3, 0.4) is 0 Å². The summed E-state index contributed by atoms with van der Waals surface area (Å²) in [4.78, 5) is 16.0. The number of aromatic hydroxyl groups is 1. The summed E-state index contributed by atoms with van der Waals surface area (Å²) in [5, 5.41) is 10.9. The van der Waals surface area contributed by atoms with E-state index < -0.39 is 5.97 Å². The van der Waals surface area contributed by atoms with Crippen LogP contribution in [0.4, 0.5) is 0 Å². The Hall–Kier alpha value is -2.04. The molecule has 0 saturated carbocycles. The van der Waals surface area contributed by atoms with Gasteiger partial charge in [-0.2, -0.15) is 0 Å². The molecule has 1 N–H and O–H groups in total. The number of nitrogens with zero attached hydrogens (tertiary/aromatic N) is 2. The van der Waals surface area contributed by atoms with Crippen LogP contribution >= 0.6 is 0 Å². The second-order valence-corrected chi connectivity index (χ2v) is 5.07. The summed E-state index contributed by atoms with van der Waals surface area (Å²) in [6.45, 7) is 9.80. The lowest BCUT2D eigenvalue weighted by Gasteiger charge is -2.22. The minimum atomic E-state index is -0.562. The Labute approximate surface area is 119 Å². The van der Waals surface area contributed by atoms with Crippen molar-refractivity contribution in [1.82, 2.24) is 9.55 Å². The van der Waals surface area contributed by atoms with Gasteiger partial charge in [0.05, 0.1) is 7.11 Å². The lowest BCUT2D eigenvalue weighted by atomic mass is 10.1. The number of hydrogen-bond acceptors (Lipinski definition) is 4. The highest BCUT2D eigenvalue weighted by molar-refractivity contribution is 6.06. The van der Waals surface area contributed by atoms with Crippen LogP contribution in [0, 0.1) is 0 Å². The third kappa shape index (κ3) is 2.61. The van der Waals surface area contributed by atoms with Crippen LogP contribution in [0.2, 0.25) is 0 Å². The number of rotatable bonds is 1. The van der Waals surface area contributed by atoms with Crippen LogP contribution in [0.15, 0.2) is 18.3 Å². The van der Waals surface area contributed by atoms with E-state index in [0.29, 0.717) is 11.0 Å². The molecule has 20 heavy (non-hydrogen) atoms. The van der Waals surface area contributed by atoms with Crippen LogP contribution in [0.25, 0.3) is 11.0 Å². The van der Waals surface area contributed by atoms with E-state index in [1.165, 1.54) is 7.11 Å². The van der Waals surface area contributed by atoms with Gasteiger partial charge in [0.25, 0.3) is 0 Å². The summed E-state index contributed by atoms with van der Waals surface area (Å²) in [6.07, 6.45) is 1.63. The van der Waals surface area contributed by atoms with Crippen molar-refractivity contribution in [2.75, 3.05) is 7.11 Å². The lowest BCUT2D eigenvalue weighted by Crippen LogP contribution is -2.21. The van der Waals surface area contributed by atoms with E-state index in [-0.39, 0.29) is 17.0 Å². The van der Waals surface area contributed by atoms with Crippen molar-refractivity contribution >= 4 is 17.0 Å². The molecule has 0 aliphatic rings. The van der Waals surface area contributed by atoms with E-state index in [2.05, 4.69) is 4.98 Å². The smallest absolute Gasteiger partial charge is 0.344 e. The molecule has 5 nitrogen and oxygen atoms in total. The van der Waals surface area contributed by atoms with Gasteiger partial charge in [0.2, 0.25) is 5.88 Å². The van der Waals surface area contributed by atoms with Crippen molar-refractivity contribution in [3.8, 4) is 5.88 Å². The highest BCUT2D eigenvalue weighted by Gasteiger charge is 2.28. The third-order valence-electron chi connectivity index (χ3n) is 2.76. The van der Waals surface area contributed by atoms with Gasteiger partial charge in [-0.25, -0.2) is 9.78 Å². The molecule has 0 bridgehead atoms. The quantitative estimate of drug-likeness (QED) is 0.813. The fourth-order valence-corrected chi connectivity index (χ4v) is 2.04. The normalized spacial score (nSPS) is 10.9. The molecule has 0 spiro atoms. The number of esters is 1. The maximum absolute atomic E-state index is 11.8. The lowest BCUT2D eigenvalue weighted by molar-refractivity contribution is 0.0598. The summed E-state index contributed by atoms with van der Waals surface area (Å²) >= 11 is 0. The van der Waals surface area contributed by atoms with Crippen molar-refractivity contribution in [3.63, 3.8) is 0 Å². The first-order chi connectivity index (χ1) is 9.38. The Morgan fingerprint density at radius 1 is 1.35 bits per heavy atom. The molecule has 5 heteroatoms. The van der Waals surface area contributed by atoms with Crippen molar-refractivity contribution in [2.45, 2.75) is 40.2 Å². The van der Waals surface area contributed by atoms with E-state index in [4.69, 9.17) is 4.74 Å². The van der Waals surface area contributed by atoms with Gasteiger partial charge >= 0.3 is 5.97 Å². The summed E-state index contributed by atoms with van der Waals surface area (Å²) in [5.74, 6) is -0.670. The van der Waals surface area contributed by atoms with E-state index in [1.54, 1.807) is 22.9 Å². The molecule has 0 aliphatic carbocycles. The molecule has 0 amide bonds. The van der Waals surface area contributed by atoms with Crippen LogP contribution in [0.5, 0.6) is 5.88 Å². The predicted molar refractivity (Wildman–Crippen MR) is 79.1 cm³/mol. The standard InChI is InChI=1S/C13H16N2O3.C2H6/c1-13(2,3)15-10-8(6-5-7-14-10)9(11(15)16)12(17)18-4;1-2/h5-7,16H,1-4H3;1-2H3. The first-order valence-corrected chi connectivity index (χ1v) is 6.65. The van der Waals surface area contributed by atoms with Crippen molar-refractivity contribution in [2.24, 2.45) is 0 Å². The van der Waals surface area contributed by atoms with E-state index in [1.807, 2.05) is 34.6 Å². The Morgan fingerprint density at radius 3 is 2.45 bits per heavy atom. The Kier molecular flexibility index (Phi) is 4.76. The molecular formula is C15H22N2O3. The number of carbonyl (C=O) groups excluding carboxylic acids is 1. The average molecular weight is 278 g/mol. The molecule has 0 unspecified atom stereocenters. The monoisotopic (exact) mass is 278 g/mol. The SMILES string of the molecule is CC.COC(=O)c1c(O)n(C(C)(C)C)c2ncccc12. The highest BCUT2D eigenvalue weighted by atomic mass is 16.5. The molecule has 0 saturated heterocycles. The summed E-state index contributed by atoms with van der Waals surface area (Å²) < 4.78 is 6.34. The summed E-state index contributed by atoms with van der Waals surface area (Å²) in [6, 6.07) is 3.47. The zero-order valence-electron chi connectivity index (χ0n) is 12.9. The van der Waals surface area contributed by atoms with Gasteiger partial charge in [-0.3, -0.25) is 4.57 Å². The van der Waals surface area contributed by atoms with E-state index >= 15 is 0 Å². The molecule has 110 valence electrons. The van der Waals surface area contributed by atoms with Gasteiger partial charge in [-0.1, -0.05) is 13.8 Å². The van der Waals surface area contributed by atoms with Gasteiger partial charge < -0.3 is 9.84 Å². The Balaban J connectivity index is 0.000000956. The zero-order chi connectivity index (χ0) is 15.5. The van der Waals surface area contributed by atoms with Crippen molar-refractivity contribution < 1.29 is 14.6 Å². The van der Waals surface area contributed by atoms with Gasteiger partial charge in [-0.05, 0) is 32.9 Å². The summed E-state index contributed by atoms with van der Waals surface area (Å²) in [7, 11) is 1.29. The molecule has 2 aromatic heterocycles. The van der Waals surface area contributed by atoms with Crippen LogP contribution in [0.1, 0.15) is 45.0 Å². The number of aromatic nitrogens is 2. The molecule has 0 fully saturated rings. The number of fused-ring (bicyclic) bond motifs is 1. The second kappa shape index (κ2) is 5.94. The molecule has 0 aliphatic heterocycles. The average Bonchev–Trinajstić information content (AvgIpc) is 2.72. The van der Waals surface area contributed by atoms with Gasteiger partial charge in [-0.15, -0.1) is 0 Å². The predicted octanol–water partition coefficient (Wildman–Crippen LogP) is 3.31. The minimum absolute atomic E-state index is 0.108. The molecule has 2 rings (SSSR count). The van der Waals surface area contributed by atoms with Gasteiger partial charge in [0.15, 0.2) is 0 Å². The molecule has 0 aromatic carbocycles. The topological polar surface area (TPSA) is 64.3 Å². The van der Waals surface area contributed by atoms with Crippen LogP contribution < -0.4 is 0 Å². The maximum Gasteiger partial charge on any atom is 0.344 e. The van der Waals surface area contributed by atoms with Crippen molar-refractivity contribution in [3.05, 3.63) is 23.9 Å². The number of hydrogen-bond donors (Lipinski definition) is 1. The van der Waals surface area contributed by atoms with E-state index in [9.17, 15) is 9.90 Å². The first-order valence-electron chi connectivity index (χ1n) is 6.65. The molecule has 2 heterocycles. The maximum atomic E-state index is 11.8. The van der Waals surface area contributed by atoms with Gasteiger partial charge in [0.1, 0.15) is 11.2 Å². The molecule has 0 radical (unpaired) electrons.